The van der Waals surface area contributed by atoms with E-state index in [-0.39, 0.29) is 6.04 Å². The number of rotatable bonds is 6. The summed E-state index contributed by atoms with van der Waals surface area (Å²) in [6.45, 7) is 7.67. The number of hydrogen-bond acceptors (Lipinski definition) is 1. The molecule has 1 nitrogen and oxygen atoms in total. The standard InChI is InChI=1S/C11H21N/c1-5-7-11(6-2)12-9-8-10(3)4/h2,10-12H,5,7-9H2,1,3-4H3. The highest BCUT2D eigenvalue weighted by atomic mass is 14.9. The fourth-order valence-corrected chi connectivity index (χ4v) is 1.08. The first-order valence-electron chi connectivity index (χ1n) is 4.90. The van der Waals surface area contributed by atoms with Gasteiger partial charge in [0, 0.05) is 0 Å². The van der Waals surface area contributed by atoms with Gasteiger partial charge < -0.3 is 5.32 Å². The van der Waals surface area contributed by atoms with E-state index >= 15 is 0 Å². The molecule has 0 aromatic rings. The molecule has 0 aliphatic carbocycles. The molecule has 0 fully saturated rings. The molecular formula is C11H21N. The molecule has 0 aliphatic rings. The minimum Gasteiger partial charge on any atom is -0.304 e. The first kappa shape index (κ1) is 11.5. The Kier molecular flexibility index (Phi) is 6.90. The highest BCUT2D eigenvalue weighted by Gasteiger charge is 2.01. The van der Waals surface area contributed by atoms with Crippen molar-refractivity contribution in [2.24, 2.45) is 5.92 Å². The molecule has 0 amide bonds. The lowest BCUT2D eigenvalue weighted by Gasteiger charge is -2.12. The molecule has 1 atom stereocenters. The molecule has 0 spiro atoms. The first-order valence-corrected chi connectivity index (χ1v) is 4.90. The molecule has 1 unspecified atom stereocenters. The zero-order valence-corrected chi connectivity index (χ0v) is 8.56. The molecule has 0 saturated carbocycles. The van der Waals surface area contributed by atoms with Gasteiger partial charge in [-0.15, -0.1) is 6.42 Å². The summed E-state index contributed by atoms with van der Waals surface area (Å²) < 4.78 is 0. The van der Waals surface area contributed by atoms with Gasteiger partial charge in [-0.25, -0.2) is 0 Å². The molecule has 0 aliphatic heterocycles. The fourth-order valence-electron chi connectivity index (χ4n) is 1.08. The Labute approximate surface area is 76.9 Å². The van der Waals surface area contributed by atoms with Crippen LogP contribution in [0.25, 0.3) is 0 Å². The second-order valence-electron chi connectivity index (χ2n) is 3.64. The summed E-state index contributed by atoms with van der Waals surface area (Å²) in [5, 5.41) is 3.37. The van der Waals surface area contributed by atoms with Gasteiger partial charge >= 0.3 is 0 Å². The average Bonchev–Trinajstić information content (AvgIpc) is 2.02. The maximum absolute atomic E-state index is 5.36. The van der Waals surface area contributed by atoms with Gasteiger partial charge in [0.1, 0.15) is 0 Å². The lowest BCUT2D eigenvalue weighted by Crippen LogP contribution is -2.28. The lowest BCUT2D eigenvalue weighted by molar-refractivity contribution is 0.497. The molecule has 1 N–H and O–H groups in total. The van der Waals surface area contributed by atoms with Crippen LogP contribution in [0.1, 0.15) is 40.0 Å². The van der Waals surface area contributed by atoms with Crippen LogP contribution in [0.5, 0.6) is 0 Å². The van der Waals surface area contributed by atoms with E-state index in [1.165, 1.54) is 6.42 Å². The van der Waals surface area contributed by atoms with Crippen LogP contribution in [-0.4, -0.2) is 12.6 Å². The summed E-state index contributed by atoms with van der Waals surface area (Å²) in [6.07, 6.45) is 8.82. The number of hydrogen-bond donors (Lipinski definition) is 1. The first-order chi connectivity index (χ1) is 5.70. The van der Waals surface area contributed by atoms with Gasteiger partial charge in [-0.2, -0.15) is 0 Å². The number of terminal acetylenes is 1. The van der Waals surface area contributed by atoms with E-state index in [1.807, 2.05) is 0 Å². The normalized spacial score (nSPS) is 12.9. The van der Waals surface area contributed by atoms with Crippen LogP contribution in [0.4, 0.5) is 0 Å². The van der Waals surface area contributed by atoms with Crippen LogP contribution >= 0.6 is 0 Å². The Morgan fingerprint density at radius 3 is 2.42 bits per heavy atom. The largest absolute Gasteiger partial charge is 0.304 e. The SMILES string of the molecule is C#CC(CCC)NCCC(C)C. The summed E-state index contributed by atoms with van der Waals surface area (Å²) in [6, 6.07) is 0.286. The van der Waals surface area contributed by atoms with Crippen LogP contribution in [0, 0.1) is 18.3 Å². The van der Waals surface area contributed by atoms with Crippen molar-refractivity contribution in [1.29, 1.82) is 0 Å². The van der Waals surface area contributed by atoms with E-state index in [0.29, 0.717) is 0 Å². The summed E-state index contributed by atoms with van der Waals surface area (Å²) in [5.41, 5.74) is 0. The molecule has 0 aromatic carbocycles. The average molecular weight is 167 g/mol. The topological polar surface area (TPSA) is 12.0 Å². The van der Waals surface area contributed by atoms with Gasteiger partial charge in [-0.05, 0) is 25.3 Å². The quantitative estimate of drug-likeness (QED) is 0.599. The third-order valence-electron chi connectivity index (χ3n) is 1.89. The molecule has 0 saturated heterocycles. The smallest absolute Gasteiger partial charge is 0.0686 e. The van der Waals surface area contributed by atoms with Gasteiger partial charge in [-0.1, -0.05) is 33.1 Å². The van der Waals surface area contributed by atoms with E-state index in [1.54, 1.807) is 0 Å². The fraction of sp³-hybridized carbons (Fsp3) is 0.818. The summed E-state index contributed by atoms with van der Waals surface area (Å²) in [4.78, 5) is 0. The highest BCUT2D eigenvalue weighted by Crippen LogP contribution is 1.99. The van der Waals surface area contributed by atoms with Crippen molar-refractivity contribution >= 4 is 0 Å². The Morgan fingerprint density at radius 1 is 1.33 bits per heavy atom. The minimum atomic E-state index is 0.286. The number of nitrogens with one attached hydrogen (secondary N) is 1. The molecule has 0 aromatic heterocycles. The Balaban J connectivity index is 3.40. The van der Waals surface area contributed by atoms with Crippen molar-refractivity contribution < 1.29 is 0 Å². The lowest BCUT2D eigenvalue weighted by atomic mass is 10.1. The molecule has 0 rings (SSSR count). The second kappa shape index (κ2) is 7.18. The maximum atomic E-state index is 5.36. The van der Waals surface area contributed by atoms with Crippen LogP contribution in [0.3, 0.4) is 0 Å². The third-order valence-corrected chi connectivity index (χ3v) is 1.89. The molecule has 1 heteroatoms. The van der Waals surface area contributed by atoms with Gasteiger partial charge in [0.05, 0.1) is 6.04 Å². The zero-order chi connectivity index (χ0) is 9.40. The van der Waals surface area contributed by atoms with Gasteiger partial charge in [0.25, 0.3) is 0 Å². The maximum Gasteiger partial charge on any atom is 0.0686 e. The summed E-state index contributed by atoms with van der Waals surface area (Å²) in [5.74, 6) is 3.53. The van der Waals surface area contributed by atoms with E-state index in [0.717, 1.165) is 25.3 Å². The Hall–Kier alpha value is -0.480. The summed E-state index contributed by atoms with van der Waals surface area (Å²) >= 11 is 0. The van der Waals surface area contributed by atoms with Crippen LogP contribution in [0.15, 0.2) is 0 Å². The zero-order valence-electron chi connectivity index (χ0n) is 8.56. The molecule has 0 heterocycles. The van der Waals surface area contributed by atoms with Crippen molar-refractivity contribution in [3.05, 3.63) is 0 Å². The van der Waals surface area contributed by atoms with E-state index in [4.69, 9.17) is 6.42 Å². The van der Waals surface area contributed by atoms with Gasteiger partial charge in [-0.3, -0.25) is 0 Å². The minimum absolute atomic E-state index is 0.286. The van der Waals surface area contributed by atoms with Gasteiger partial charge in [0.2, 0.25) is 0 Å². The van der Waals surface area contributed by atoms with Crippen molar-refractivity contribution in [2.45, 2.75) is 46.1 Å². The molecule has 0 bridgehead atoms. The van der Waals surface area contributed by atoms with Crippen LogP contribution in [-0.2, 0) is 0 Å². The predicted molar refractivity (Wildman–Crippen MR) is 55.0 cm³/mol. The second-order valence-corrected chi connectivity index (χ2v) is 3.64. The monoisotopic (exact) mass is 167 g/mol. The molecule has 70 valence electrons. The van der Waals surface area contributed by atoms with Crippen molar-refractivity contribution in [3.8, 4) is 12.3 Å². The van der Waals surface area contributed by atoms with Crippen molar-refractivity contribution in [1.82, 2.24) is 5.32 Å². The van der Waals surface area contributed by atoms with Gasteiger partial charge in [0.15, 0.2) is 0 Å². The van der Waals surface area contributed by atoms with Crippen molar-refractivity contribution in [2.75, 3.05) is 6.54 Å². The van der Waals surface area contributed by atoms with Crippen molar-refractivity contribution in [3.63, 3.8) is 0 Å². The molecule has 0 radical (unpaired) electrons. The molecular weight excluding hydrogens is 146 g/mol. The van der Waals surface area contributed by atoms with E-state index in [9.17, 15) is 0 Å². The summed E-state index contributed by atoms with van der Waals surface area (Å²) in [7, 11) is 0. The van der Waals surface area contributed by atoms with E-state index < -0.39 is 0 Å². The van der Waals surface area contributed by atoms with E-state index in [2.05, 4.69) is 32.0 Å². The Bertz CT molecular complexity index is 132. The third kappa shape index (κ3) is 6.24. The molecule has 12 heavy (non-hydrogen) atoms. The van der Waals surface area contributed by atoms with Crippen LogP contribution in [0.2, 0.25) is 0 Å². The highest BCUT2D eigenvalue weighted by molar-refractivity contribution is 4.98. The predicted octanol–water partition coefficient (Wildman–Crippen LogP) is 2.42. The Morgan fingerprint density at radius 2 is 2.00 bits per heavy atom. The van der Waals surface area contributed by atoms with Crippen LogP contribution < -0.4 is 5.32 Å².